The Balaban J connectivity index is 1.64. The maximum absolute atomic E-state index is 11.3. The molecule has 20 heavy (non-hydrogen) atoms. The zero-order valence-corrected chi connectivity index (χ0v) is 10.9. The van der Waals surface area contributed by atoms with Crippen LogP contribution in [0.2, 0.25) is 0 Å². The SMILES string of the molecule is COC(=O)c1ccc(CNc2ccc3c(c2)OCO3)[nH]1. The number of esters is 1. The van der Waals surface area contributed by atoms with Gasteiger partial charge in [0.1, 0.15) is 5.69 Å². The summed E-state index contributed by atoms with van der Waals surface area (Å²) in [7, 11) is 1.35. The lowest BCUT2D eigenvalue weighted by Crippen LogP contribution is -2.03. The first-order chi connectivity index (χ1) is 9.76. The van der Waals surface area contributed by atoms with Gasteiger partial charge in [-0.05, 0) is 24.3 Å². The highest BCUT2D eigenvalue weighted by Crippen LogP contribution is 2.34. The van der Waals surface area contributed by atoms with Crippen LogP contribution in [0.5, 0.6) is 11.5 Å². The van der Waals surface area contributed by atoms with E-state index in [0.29, 0.717) is 12.2 Å². The number of anilines is 1. The van der Waals surface area contributed by atoms with Crippen LogP contribution in [0.15, 0.2) is 30.3 Å². The number of carbonyl (C=O) groups excluding carboxylic acids is 1. The number of benzene rings is 1. The van der Waals surface area contributed by atoms with Crippen molar-refractivity contribution in [2.24, 2.45) is 0 Å². The van der Waals surface area contributed by atoms with Gasteiger partial charge in [-0.15, -0.1) is 0 Å². The second-order valence-corrected chi connectivity index (χ2v) is 4.31. The van der Waals surface area contributed by atoms with Gasteiger partial charge in [0.05, 0.1) is 13.7 Å². The Hall–Kier alpha value is -2.63. The molecule has 2 heterocycles. The zero-order chi connectivity index (χ0) is 13.9. The number of hydrogen-bond acceptors (Lipinski definition) is 5. The number of hydrogen-bond donors (Lipinski definition) is 2. The molecule has 0 amide bonds. The number of fused-ring (bicyclic) bond motifs is 1. The molecule has 1 aromatic heterocycles. The third-order valence-electron chi connectivity index (χ3n) is 3.01. The van der Waals surface area contributed by atoms with Gasteiger partial charge in [-0.2, -0.15) is 0 Å². The van der Waals surface area contributed by atoms with Crippen LogP contribution in [0, 0.1) is 0 Å². The molecule has 0 spiro atoms. The molecule has 1 aliphatic rings. The molecule has 6 heteroatoms. The molecule has 104 valence electrons. The van der Waals surface area contributed by atoms with E-state index in [-0.39, 0.29) is 12.8 Å². The summed E-state index contributed by atoms with van der Waals surface area (Å²) in [5.74, 6) is 1.11. The minimum atomic E-state index is -0.376. The van der Waals surface area contributed by atoms with Gasteiger partial charge in [0, 0.05) is 17.4 Å². The Kier molecular flexibility index (Phi) is 3.20. The van der Waals surface area contributed by atoms with Crippen molar-refractivity contribution in [1.82, 2.24) is 4.98 Å². The van der Waals surface area contributed by atoms with Gasteiger partial charge in [-0.3, -0.25) is 0 Å². The molecule has 0 bridgehead atoms. The number of carbonyl (C=O) groups is 1. The van der Waals surface area contributed by atoms with E-state index in [9.17, 15) is 4.79 Å². The summed E-state index contributed by atoms with van der Waals surface area (Å²) in [6.07, 6.45) is 0. The van der Waals surface area contributed by atoms with Crippen LogP contribution < -0.4 is 14.8 Å². The Morgan fingerprint density at radius 2 is 2.15 bits per heavy atom. The van der Waals surface area contributed by atoms with Crippen LogP contribution in [0.3, 0.4) is 0 Å². The van der Waals surface area contributed by atoms with Crippen molar-refractivity contribution in [1.29, 1.82) is 0 Å². The lowest BCUT2D eigenvalue weighted by molar-refractivity contribution is 0.0594. The van der Waals surface area contributed by atoms with Crippen molar-refractivity contribution in [3.05, 3.63) is 41.7 Å². The monoisotopic (exact) mass is 274 g/mol. The maximum atomic E-state index is 11.3. The predicted octanol–water partition coefficient (Wildman–Crippen LogP) is 2.14. The van der Waals surface area contributed by atoms with E-state index in [2.05, 4.69) is 15.0 Å². The van der Waals surface area contributed by atoms with Gasteiger partial charge >= 0.3 is 5.97 Å². The predicted molar refractivity (Wildman–Crippen MR) is 72.0 cm³/mol. The third kappa shape index (κ3) is 2.40. The summed E-state index contributed by atoms with van der Waals surface area (Å²) in [5.41, 5.74) is 2.25. The zero-order valence-electron chi connectivity index (χ0n) is 10.9. The highest BCUT2D eigenvalue weighted by molar-refractivity contribution is 5.87. The van der Waals surface area contributed by atoms with E-state index in [0.717, 1.165) is 22.9 Å². The molecule has 3 rings (SSSR count). The summed E-state index contributed by atoms with van der Waals surface area (Å²) in [6.45, 7) is 0.828. The first-order valence-electron chi connectivity index (χ1n) is 6.16. The van der Waals surface area contributed by atoms with E-state index in [1.54, 1.807) is 6.07 Å². The molecule has 0 unspecified atom stereocenters. The fourth-order valence-electron chi connectivity index (χ4n) is 1.98. The van der Waals surface area contributed by atoms with E-state index in [1.165, 1.54) is 7.11 Å². The molecule has 1 aliphatic heterocycles. The Morgan fingerprint density at radius 1 is 1.30 bits per heavy atom. The highest BCUT2D eigenvalue weighted by Gasteiger charge is 2.13. The minimum Gasteiger partial charge on any atom is -0.464 e. The third-order valence-corrected chi connectivity index (χ3v) is 3.01. The van der Waals surface area contributed by atoms with Crippen molar-refractivity contribution in [3.8, 4) is 11.5 Å². The van der Waals surface area contributed by atoms with Crippen molar-refractivity contribution in [2.75, 3.05) is 19.2 Å². The van der Waals surface area contributed by atoms with Crippen LogP contribution in [0.4, 0.5) is 5.69 Å². The average molecular weight is 274 g/mol. The number of nitrogens with one attached hydrogen (secondary N) is 2. The Bertz CT molecular complexity index is 636. The van der Waals surface area contributed by atoms with Crippen molar-refractivity contribution < 1.29 is 19.0 Å². The Labute approximate surface area is 115 Å². The van der Waals surface area contributed by atoms with Crippen molar-refractivity contribution in [2.45, 2.75) is 6.54 Å². The molecular weight excluding hydrogens is 260 g/mol. The number of ether oxygens (including phenoxy) is 3. The average Bonchev–Trinajstić information content (AvgIpc) is 3.12. The molecular formula is C14H14N2O4. The van der Waals surface area contributed by atoms with E-state index in [4.69, 9.17) is 9.47 Å². The van der Waals surface area contributed by atoms with Crippen molar-refractivity contribution >= 4 is 11.7 Å². The molecule has 0 saturated heterocycles. The number of methoxy groups -OCH3 is 1. The highest BCUT2D eigenvalue weighted by atomic mass is 16.7. The molecule has 0 atom stereocenters. The van der Waals surface area contributed by atoms with Gasteiger partial charge in [0.15, 0.2) is 11.5 Å². The normalized spacial score (nSPS) is 12.2. The van der Waals surface area contributed by atoms with Gasteiger partial charge in [0.2, 0.25) is 6.79 Å². The molecule has 6 nitrogen and oxygen atoms in total. The van der Waals surface area contributed by atoms with Crippen LogP contribution in [-0.4, -0.2) is 24.9 Å². The quantitative estimate of drug-likeness (QED) is 0.836. The van der Waals surface area contributed by atoms with Gasteiger partial charge in [-0.1, -0.05) is 0 Å². The molecule has 0 fully saturated rings. The number of rotatable bonds is 4. The number of H-pyrrole nitrogens is 1. The summed E-state index contributed by atoms with van der Waals surface area (Å²) in [5, 5.41) is 3.24. The summed E-state index contributed by atoms with van der Waals surface area (Å²) < 4.78 is 15.2. The minimum absolute atomic E-state index is 0.262. The molecule has 0 radical (unpaired) electrons. The van der Waals surface area contributed by atoms with Crippen LogP contribution in [0.25, 0.3) is 0 Å². The van der Waals surface area contributed by atoms with Gasteiger partial charge in [-0.25, -0.2) is 4.79 Å². The Morgan fingerprint density at radius 3 is 3.00 bits per heavy atom. The van der Waals surface area contributed by atoms with Crippen LogP contribution in [-0.2, 0) is 11.3 Å². The molecule has 0 aliphatic carbocycles. The lowest BCUT2D eigenvalue weighted by atomic mass is 10.2. The topological polar surface area (TPSA) is 72.6 Å². The molecule has 2 aromatic rings. The van der Waals surface area contributed by atoms with Crippen LogP contribution >= 0.6 is 0 Å². The molecule has 1 aromatic carbocycles. The maximum Gasteiger partial charge on any atom is 0.354 e. The van der Waals surface area contributed by atoms with E-state index < -0.39 is 0 Å². The van der Waals surface area contributed by atoms with Gasteiger partial charge in [0.25, 0.3) is 0 Å². The number of aromatic nitrogens is 1. The first-order valence-corrected chi connectivity index (χ1v) is 6.16. The number of aromatic amines is 1. The summed E-state index contributed by atoms with van der Waals surface area (Å²) in [4.78, 5) is 14.3. The van der Waals surface area contributed by atoms with Crippen molar-refractivity contribution in [3.63, 3.8) is 0 Å². The van der Waals surface area contributed by atoms with E-state index >= 15 is 0 Å². The second kappa shape index (κ2) is 5.16. The second-order valence-electron chi connectivity index (χ2n) is 4.31. The standard InChI is InChI=1S/C14H14N2O4/c1-18-14(17)11-4-2-10(16-11)7-15-9-3-5-12-13(6-9)20-8-19-12/h2-6,15-16H,7-8H2,1H3. The fraction of sp³-hybridized carbons (Fsp3) is 0.214. The van der Waals surface area contributed by atoms with Gasteiger partial charge < -0.3 is 24.5 Å². The smallest absolute Gasteiger partial charge is 0.354 e. The summed E-state index contributed by atoms with van der Waals surface area (Å²) in [6, 6.07) is 9.19. The van der Waals surface area contributed by atoms with Crippen LogP contribution in [0.1, 0.15) is 16.2 Å². The molecule has 2 N–H and O–H groups in total. The summed E-state index contributed by atoms with van der Waals surface area (Å²) >= 11 is 0. The largest absolute Gasteiger partial charge is 0.464 e. The lowest BCUT2D eigenvalue weighted by Gasteiger charge is -2.06. The van der Waals surface area contributed by atoms with E-state index in [1.807, 2.05) is 24.3 Å². The molecule has 0 saturated carbocycles. The first kappa shape index (κ1) is 12.4. The fourth-order valence-corrected chi connectivity index (χ4v) is 1.98.